The third-order valence-corrected chi connectivity index (χ3v) is 5.31. The smallest absolute Gasteiger partial charge is 0.193 e. The first kappa shape index (κ1) is 20.1. The van der Waals surface area contributed by atoms with Crippen molar-refractivity contribution in [2.24, 2.45) is 10.4 Å². The summed E-state index contributed by atoms with van der Waals surface area (Å²) in [5.74, 6) is 2.54. The lowest BCUT2D eigenvalue weighted by molar-refractivity contribution is 0.151. The molecule has 5 nitrogen and oxygen atoms in total. The van der Waals surface area contributed by atoms with Gasteiger partial charge in [0.15, 0.2) is 17.5 Å². The van der Waals surface area contributed by atoms with Crippen molar-refractivity contribution < 1.29 is 9.47 Å². The van der Waals surface area contributed by atoms with Gasteiger partial charge in [-0.1, -0.05) is 18.6 Å². The van der Waals surface area contributed by atoms with Crippen molar-refractivity contribution in [3.63, 3.8) is 0 Å². The quantitative estimate of drug-likeness (QED) is 0.416. The topological polar surface area (TPSA) is 46.1 Å². The molecule has 6 heteroatoms. The van der Waals surface area contributed by atoms with Crippen LogP contribution in [0, 0.1) is 5.41 Å². The van der Waals surface area contributed by atoms with Gasteiger partial charge in [0, 0.05) is 20.1 Å². The highest BCUT2D eigenvalue weighted by atomic mass is 127. The average Bonchev–Trinajstić information content (AvgIpc) is 3.02. The van der Waals surface area contributed by atoms with Gasteiger partial charge in [0.25, 0.3) is 0 Å². The molecule has 1 unspecified atom stereocenters. The van der Waals surface area contributed by atoms with Crippen molar-refractivity contribution in [2.75, 3.05) is 33.8 Å². The van der Waals surface area contributed by atoms with E-state index in [9.17, 15) is 0 Å². The molecule has 140 valence electrons. The number of hydrogen-bond acceptors (Lipinski definition) is 3. The maximum atomic E-state index is 6.01. The summed E-state index contributed by atoms with van der Waals surface area (Å²) in [6.07, 6.45) is 5.49. The van der Waals surface area contributed by atoms with Gasteiger partial charge in [0.1, 0.15) is 6.10 Å². The molecule has 0 bridgehead atoms. The van der Waals surface area contributed by atoms with E-state index < -0.39 is 0 Å². The Kier molecular flexibility index (Phi) is 7.22. The van der Waals surface area contributed by atoms with Crippen LogP contribution in [0.15, 0.2) is 29.3 Å². The number of benzene rings is 1. The minimum absolute atomic E-state index is 0. The standard InChI is InChI=1S/C19H29N3O2.HI/c1-15(24-17-8-5-4-7-16(17)23-3)13-21-18(20-2)22-12-11-19(14-22)9-6-10-19;/h4-5,7-8,15H,6,9-14H2,1-3H3,(H,20,21);1H. The first-order valence-corrected chi connectivity index (χ1v) is 8.91. The molecule has 25 heavy (non-hydrogen) atoms. The van der Waals surface area contributed by atoms with Crippen LogP contribution in [0.1, 0.15) is 32.6 Å². The molecule has 1 aromatic rings. The van der Waals surface area contributed by atoms with E-state index >= 15 is 0 Å². The van der Waals surface area contributed by atoms with Crippen molar-refractivity contribution in [1.82, 2.24) is 10.2 Å². The number of rotatable bonds is 5. The number of halogens is 1. The van der Waals surface area contributed by atoms with Crippen molar-refractivity contribution in [3.8, 4) is 11.5 Å². The van der Waals surface area contributed by atoms with Crippen LogP contribution in [0.4, 0.5) is 0 Å². The lowest BCUT2D eigenvalue weighted by atomic mass is 9.68. The summed E-state index contributed by atoms with van der Waals surface area (Å²) in [5, 5.41) is 3.46. The Balaban J connectivity index is 0.00000225. The largest absolute Gasteiger partial charge is 0.493 e. The fourth-order valence-corrected chi connectivity index (χ4v) is 3.74. The number of aliphatic imine (C=N–C) groups is 1. The number of para-hydroxylation sites is 2. The van der Waals surface area contributed by atoms with E-state index in [4.69, 9.17) is 9.47 Å². The van der Waals surface area contributed by atoms with E-state index in [0.29, 0.717) is 12.0 Å². The molecule has 2 aliphatic rings. The highest BCUT2D eigenvalue weighted by Gasteiger charge is 2.43. The average molecular weight is 459 g/mol. The molecule has 0 radical (unpaired) electrons. The van der Waals surface area contributed by atoms with Crippen LogP contribution < -0.4 is 14.8 Å². The number of likely N-dealkylation sites (tertiary alicyclic amines) is 1. The van der Waals surface area contributed by atoms with Gasteiger partial charge in [-0.25, -0.2) is 0 Å². The van der Waals surface area contributed by atoms with Gasteiger partial charge in [-0.15, -0.1) is 24.0 Å². The molecule has 1 aliphatic carbocycles. The fraction of sp³-hybridized carbons (Fsp3) is 0.632. The molecule has 2 fully saturated rings. The zero-order valence-corrected chi connectivity index (χ0v) is 17.8. The monoisotopic (exact) mass is 459 g/mol. The minimum Gasteiger partial charge on any atom is -0.493 e. The van der Waals surface area contributed by atoms with Gasteiger partial charge in [-0.2, -0.15) is 0 Å². The van der Waals surface area contributed by atoms with Crippen LogP contribution in [0.5, 0.6) is 11.5 Å². The maximum Gasteiger partial charge on any atom is 0.193 e. The second kappa shape index (κ2) is 8.96. The summed E-state index contributed by atoms with van der Waals surface area (Å²) in [7, 11) is 3.52. The van der Waals surface area contributed by atoms with Gasteiger partial charge >= 0.3 is 0 Å². The molecule has 1 saturated heterocycles. The number of guanidine groups is 1. The molecule has 1 aliphatic heterocycles. The molecule has 1 saturated carbocycles. The first-order chi connectivity index (χ1) is 11.7. The van der Waals surface area contributed by atoms with Crippen molar-refractivity contribution in [1.29, 1.82) is 0 Å². The molecule has 1 heterocycles. The lowest BCUT2D eigenvalue weighted by Crippen LogP contribution is -2.45. The third-order valence-electron chi connectivity index (χ3n) is 5.31. The van der Waals surface area contributed by atoms with E-state index in [1.54, 1.807) is 7.11 Å². The summed E-state index contributed by atoms with van der Waals surface area (Å²) in [5.41, 5.74) is 0.580. The lowest BCUT2D eigenvalue weighted by Gasteiger charge is -2.38. The molecule has 3 rings (SSSR count). The van der Waals surface area contributed by atoms with Gasteiger partial charge in [-0.05, 0) is 43.7 Å². The zero-order valence-electron chi connectivity index (χ0n) is 15.5. The van der Waals surface area contributed by atoms with Gasteiger partial charge in [0.05, 0.1) is 13.7 Å². The number of hydrogen-bond donors (Lipinski definition) is 1. The van der Waals surface area contributed by atoms with Crippen LogP contribution in [0.2, 0.25) is 0 Å². The highest BCUT2D eigenvalue weighted by molar-refractivity contribution is 14.0. The number of methoxy groups -OCH3 is 1. The number of ether oxygens (including phenoxy) is 2. The van der Waals surface area contributed by atoms with Gasteiger partial charge in [-0.3, -0.25) is 4.99 Å². The van der Waals surface area contributed by atoms with E-state index in [2.05, 4.69) is 22.1 Å². The third kappa shape index (κ3) is 4.71. The molecule has 0 amide bonds. The van der Waals surface area contributed by atoms with Crippen molar-refractivity contribution in [2.45, 2.75) is 38.7 Å². The Bertz CT molecular complexity index is 590. The SMILES string of the molecule is CN=C(NCC(C)Oc1ccccc1OC)N1CCC2(CCC2)C1.I. The van der Waals surface area contributed by atoms with Crippen LogP contribution >= 0.6 is 24.0 Å². The normalized spacial score (nSPS) is 19.8. The van der Waals surface area contributed by atoms with Crippen molar-refractivity contribution in [3.05, 3.63) is 24.3 Å². The summed E-state index contributed by atoms with van der Waals surface area (Å²) in [6.45, 7) is 5.04. The second-order valence-corrected chi connectivity index (χ2v) is 7.03. The number of nitrogens with zero attached hydrogens (tertiary/aromatic N) is 2. The Morgan fingerprint density at radius 2 is 2.00 bits per heavy atom. The number of nitrogens with one attached hydrogen (secondary N) is 1. The Hall–Kier alpha value is -1.18. The van der Waals surface area contributed by atoms with Crippen molar-refractivity contribution >= 4 is 29.9 Å². The summed E-state index contributed by atoms with van der Waals surface area (Å²) >= 11 is 0. The predicted octanol–water partition coefficient (Wildman–Crippen LogP) is 3.53. The van der Waals surface area contributed by atoms with Crippen LogP contribution in [-0.4, -0.2) is 50.8 Å². The van der Waals surface area contributed by atoms with E-state index in [1.807, 2.05) is 31.3 Å². The molecular formula is C19H30IN3O2. The minimum atomic E-state index is 0. The molecule has 1 spiro atoms. The fourth-order valence-electron chi connectivity index (χ4n) is 3.74. The van der Waals surface area contributed by atoms with E-state index in [-0.39, 0.29) is 30.1 Å². The first-order valence-electron chi connectivity index (χ1n) is 8.91. The summed E-state index contributed by atoms with van der Waals surface area (Å²) in [6, 6.07) is 7.75. The molecular weight excluding hydrogens is 429 g/mol. The Morgan fingerprint density at radius 3 is 2.56 bits per heavy atom. The van der Waals surface area contributed by atoms with Crippen LogP contribution in [0.25, 0.3) is 0 Å². The zero-order chi connectivity index (χ0) is 17.0. The molecule has 0 aromatic heterocycles. The van der Waals surface area contributed by atoms with Crippen LogP contribution in [0.3, 0.4) is 0 Å². The summed E-state index contributed by atoms with van der Waals surface area (Å²) < 4.78 is 11.3. The van der Waals surface area contributed by atoms with Crippen LogP contribution in [-0.2, 0) is 0 Å². The van der Waals surface area contributed by atoms with E-state index in [0.717, 1.165) is 30.5 Å². The van der Waals surface area contributed by atoms with Gasteiger partial charge in [0.2, 0.25) is 0 Å². The highest BCUT2D eigenvalue weighted by Crippen LogP contribution is 2.47. The van der Waals surface area contributed by atoms with Gasteiger partial charge < -0.3 is 19.7 Å². The maximum absolute atomic E-state index is 6.01. The second-order valence-electron chi connectivity index (χ2n) is 7.03. The molecule has 1 atom stereocenters. The molecule has 1 N–H and O–H groups in total. The summed E-state index contributed by atoms with van der Waals surface area (Å²) in [4.78, 5) is 6.86. The Labute approximate surface area is 168 Å². The molecule has 1 aromatic carbocycles. The van der Waals surface area contributed by atoms with E-state index in [1.165, 1.54) is 25.7 Å². The Morgan fingerprint density at radius 1 is 1.28 bits per heavy atom. The predicted molar refractivity (Wildman–Crippen MR) is 112 cm³/mol.